The molecule has 1 aromatic rings. The van der Waals surface area contributed by atoms with Crippen LogP contribution in [0.15, 0.2) is 6.20 Å². The summed E-state index contributed by atoms with van der Waals surface area (Å²) in [7, 11) is 1.40. The monoisotopic (exact) mass is 256 g/mol. The Morgan fingerprint density at radius 1 is 1.53 bits per heavy atom. The predicted molar refractivity (Wildman–Crippen MR) is 69.2 cm³/mol. The Kier molecular flexibility index (Phi) is 5.08. The average molecular weight is 256 g/mol. The SMILES string of the molecule is COC(=O)CCNCc1cnc(C(C)(C)C)s1. The van der Waals surface area contributed by atoms with E-state index in [0.29, 0.717) is 13.0 Å². The van der Waals surface area contributed by atoms with Crippen LogP contribution in [0, 0.1) is 0 Å². The van der Waals surface area contributed by atoms with Crippen LogP contribution in [0.25, 0.3) is 0 Å². The summed E-state index contributed by atoms with van der Waals surface area (Å²) in [6.07, 6.45) is 2.30. The number of carbonyl (C=O) groups is 1. The molecule has 1 rings (SSSR count). The van der Waals surface area contributed by atoms with E-state index in [9.17, 15) is 4.79 Å². The van der Waals surface area contributed by atoms with Gasteiger partial charge in [0.1, 0.15) is 0 Å². The maximum atomic E-state index is 10.9. The first-order valence-electron chi connectivity index (χ1n) is 5.66. The van der Waals surface area contributed by atoms with Gasteiger partial charge in [0.15, 0.2) is 0 Å². The molecule has 0 fully saturated rings. The third kappa shape index (κ3) is 4.83. The molecule has 0 saturated carbocycles. The van der Waals surface area contributed by atoms with Crippen molar-refractivity contribution in [2.24, 2.45) is 0 Å². The van der Waals surface area contributed by atoms with Gasteiger partial charge in [-0.15, -0.1) is 11.3 Å². The quantitative estimate of drug-likeness (QED) is 0.647. The maximum Gasteiger partial charge on any atom is 0.306 e. The molecule has 0 bridgehead atoms. The van der Waals surface area contributed by atoms with Crippen LogP contribution in [0.3, 0.4) is 0 Å². The van der Waals surface area contributed by atoms with Crippen LogP contribution in [-0.4, -0.2) is 24.6 Å². The summed E-state index contributed by atoms with van der Waals surface area (Å²) in [5.74, 6) is -0.183. The van der Waals surface area contributed by atoms with Gasteiger partial charge in [0.05, 0.1) is 18.5 Å². The largest absolute Gasteiger partial charge is 0.469 e. The number of nitrogens with one attached hydrogen (secondary N) is 1. The number of aromatic nitrogens is 1. The second kappa shape index (κ2) is 6.12. The fraction of sp³-hybridized carbons (Fsp3) is 0.667. The number of nitrogens with zero attached hydrogens (tertiary/aromatic N) is 1. The van der Waals surface area contributed by atoms with E-state index in [4.69, 9.17) is 0 Å². The zero-order valence-electron chi connectivity index (χ0n) is 10.9. The van der Waals surface area contributed by atoms with Crippen molar-refractivity contribution in [2.45, 2.75) is 39.2 Å². The van der Waals surface area contributed by atoms with Crippen LogP contribution in [0.5, 0.6) is 0 Å². The molecule has 0 saturated heterocycles. The van der Waals surface area contributed by atoms with Gasteiger partial charge in [-0.1, -0.05) is 20.8 Å². The highest BCUT2D eigenvalue weighted by molar-refractivity contribution is 7.11. The van der Waals surface area contributed by atoms with Crippen molar-refractivity contribution in [3.63, 3.8) is 0 Å². The Balaban J connectivity index is 2.33. The molecule has 17 heavy (non-hydrogen) atoms. The lowest BCUT2D eigenvalue weighted by Gasteiger charge is -2.13. The zero-order valence-corrected chi connectivity index (χ0v) is 11.7. The third-order valence-electron chi connectivity index (χ3n) is 2.23. The summed E-state index contributed by atoms with van der Waals surface area (Å²) in [5, 5.41) is 4.34. The van der Waals surface area contributed by atoms with E-state index in [1.807, 2.05) is 6.20 Å². The van der Waals surface area contributed by atoms with Crippen molar-refractivity contribution < 1.29 is 9.53 Å². The lowest BCUT2D eigenvalue weighted by atomic mass is 9.98. The van der Waals surface area contributed by atoms with E-state index < -0.39 is 0 Å². The van der Waals surface area contributed by atoms with Crippen molar-refractivity contribution >= 4 is 17.3 Å². The van der Waals surface area contributed by atoms with Gasteiger partial charge >= 0.3 is 5.97 Å². The summed E-state index contributed by atoms with van der Waals surface area (Å²) >= 11 is 1.71. The van der Waals surface area contributed by atoms with Gasteiger partial charge in [0.2, 0.25) is 0 Å². The van der Waals surface area contributed by atoms with Gasteiger partial charge < -0.3 is 10.1 Å². The number of rotatable bonds is 5. The van der Waals surface area contributed by atoms with E-state index in [-0.39, 0.29) is 11.4 Å². The molecule has 0 atom stereocenters. The summed E-state index contributed by atoms with van der Waals surface area (Å²) in [4.78, 5) is 16.5. The van der Waals surface area contributed by atoms with E-state index in [2.05, 4.69) is 35.8 Å². The van der Waals surface area contributed by atoms with Crippen molar-refractivity contribution in [1.82, 2.24) is 10.3 Å². The third-order valence-corrected chi connectivity index (χ3v) is 3.65. The number of esters is 1. The molecule has 0 aliphatic heterocycles. The number of hydrogen-bond donors (Lipinski definition) is 1. The standard InChI is InChI=1S/C12H20N2O2S/c1-12(2,3)11-14-8-9(17-11)7-13-6-5-10(15)16-4/h8,13H,5-7H2,1-4H3. The number of carbonyl (C=O) groups excluding carboxylic acids is 1. The fourth-order valence-corrected chi connectivity index (χ4v) is 2.18. The van der Waals surface area contributed by atoms with E-state index in [1.165, 1.54) is 12.0 Å². The molecule has 96 valence electrons. The van der Waals surface area contributed by atoms with Crippen molar-refractivity contribution in [3.05, 3.63) is 16.1 Å². The molecule has 0 unspecified atom stereocenters. The first-order valence-corrected chi connectivity index (χ1v) is 6.48. The molecule has 0 radical (unpaired) electrons. The molecular formula is C12H20N2O2S. The fourth-order valence-electron chi connectivity index (χ4n) is 1.24. The van der Waals surface area contributed by atoms with Crippen LogP contribution in [-0.2, 0) is 21.5 Å². The van der Waals surface area contributed by atoms with Crippen LogP contribution in [0.4, 0.5) is 0 Å². The highest BCUT2D eigenvalue weighted by Gasteiger charge is 2.17. The molecule has 0 aliphatic carbocycles. The smallest absolute Gasteiger partial charge is 0.306 e. The second-order valence-electron chi connectivity index (χ2n) is 4.88. The Labute approximate surface area is 106 Å². The Hall–Kier alpha value is -0.940. The second-order valence-corrected chi connectivity index (χ2v) is 6.00. The first kappa shape index (κ1) is 14.1. The van der Waals surface area contributed by atoms with Gasteiger partial charge in [0, 0.05) is 29.6 Å². The van der Waals surface area contributed by atoms with Crippen LogP contribution < -0.4 is 5.32 Å². The average Bonchev–Trinajstić information content (AvgIpc) is 2.72. The molecule has 0 aromatic carbocycles. The molecule has 0 spiro atoms. The molecule has 1 aromatic heterocycles. The van der Waals surface area contributed by atoms with E-state index in [0.717, 1.165) is 11.6 Å². The lowest BCUT2D eigenvalue weighted by Crippen LogP contribution is -2.17. The maximum absolute atomic E-state index is 10.9. The normalized spacial score (nSPS) is 11.5. The molecule has 1 N–H and O–H groups in total. The number of thiazole rings is 1. The Bertz CT molecular complexity index is 369. The van der Waals surface area contributed by atoms with Crippen LogP contribution in [0.2, 0.25) is 0 Å². The predicted octanol–water partition coefficient (Wildman–Crippen LogP) is 2.09. The molecule has 1 heterocycles. The van der Waals surface area contributed by atoms with Crippen LogP contribution >= 0.6 is 11.3 Å². The van der Waals surface area contributed by atoms with E-state index >= 15 is 0 Å². The number of ether oxygens (including phenoxy) is 1. The minimum atomic E-state index is -0.183. The summed E-state index contributed by atoms with van der Waals surface area (Å²) in [5.41, 5.74) is 0.106. The van der Waals surface area contributed by atoms with Crippen LogP contribution in [0.1, 0.15) is 37.1 Å². The van der Waals surface area contributed by atoms with Gasteiger partial charge in [0.25, 0.3) is 0 Å². The van der Waals surface area contributed by atoms with Gasteiger partial charge in [-0.05, 0) is 0 Å². The van der Waals surface area contributed by atoms with Crippen molar-refractivity contribution in [1.29, 1.82) is 0 Å². The minimum Gasteiger partial charge on any atom is -0.469 e. The highest BCUT2D eigenvalue weighted by atomic mass is 32.1. The Morgan fingerprint density at radius 2 is 2.24 bits per heavy atom. The molecule has 0 aliphatic rings. The molecular weight excluding hydrogens is 236 g/mol. The minimum absolute atomic E-state index is 0.106. The number of hydrogen-bond acceptors (Lipinski definition) is 5. The lowest BCUT2D eigenvalue weighted by molar-refractivity contribution is -0.140. The van der Waals surface area contributed by atoms with Gasteiger partial charge in [-0.25, -0.2) is 4.98 Å². The van der Waals surface area contributed by atoms with Gasteiger partial charge in [-0.2, -0.15) is 0 Å². The highest BCUT2D eigenvalue weighted by Crippen LogP contribution is 2.26. The first-order chi connectivity index (χ1) is 7.93. The number of methoxy groups -OCH3 is 1. The Morgan fingerprint density at radius 3 is 2.76 bits per heavy atom. The molecule has 0 amide bonds. The van der Waals surface area contributed by atoms with Crippen molar-refractivity contribution in [2.75, 3.05) is 13.7 Å². The molecule has 4 nitrogen and oxygen atoms in total. The summed E-state index contributed by atoms with van der Waals surface area (Å²) in [6.45, 7) is 7.85. The zero-order chi connectivity index (χ0) is 12.9. The summed E-state index contributed by atoms with van der Waals surface area (Å²) < 4.78 is 4.56. The van der Waals surface area contributed by atoms with Gasteiger partial charge in [-0.3, -0.25) is 4.79 Å². The topological polar surface area (TPSA) is 51.2 Å². The molecule has 5 heteroatoms. The van der Waals surface area contributed by atoms with E-state index in [1.54, 1.807) is 11.3 Å². The summed E-state index contributed by atoms with van der Waals surface area (Å²) in [6, 6.07) is 0. The van der Waals surface area contributed by atoms with Crippen molar-refractivity contribution in [3.8, 4) is 0 Å².